The topological polar surface area (TPSA) is 54.5 Å². The molecule has 0 spiro atoms. The predicted molar refractivity (Wildman–Crippen MR) is 123 cm³/mol. The Morgan fingerprint density at radius 3 is 2.55 bits per heavy atom. The summed E-state index contributed by atoms with van der Waals surface area (Å²) in [5, 5.41) is 0. The maximum absolute atomic E-state index is 14.0. The predicted octanol–water partition coefficient (Wildman–Crippen LogP) is 2.50. The van der Waals surface area contributed by atoms with Crippen LogP contribution in [0.15, 0.2) is 42.5 Å². The lowest BCUT2D eigenvalue weighted by molar-refractivity contribution is -0.0498. The molecule has 8 heteroatoms. The standard InChI is InChI=1S/C25H32FN3O4/c1-31-20-8-7-19(24(15-20)32-2)16-28-13-14-33-21(18-28)17-27-9-11-29(12-10-27)25(30)22-5-3-4-6-23(22)26/h3-8,15,21H,9-14,16-18H2,1-2H3. The molecule has 0 radical (unpaired) electrons. The Labute approximate surface area is 194 Å². The average molecular weight is 458 g/mol. The van der Waals surface area contributed by atoms with Crippen molar-refractivity contribution in [3.8, 4) is 11.5 Å². The molecule has 1 atom stereocenters. The van der Waals surface area contributed by atoms with Crippen molar-refractivity contribution in [1.29, 1.82) is 0 Å². The van der Waals surface area contributed by atoms with Gasteiger partial charge in [-0.25, -0.2) is 4.39 Å². The van der Waals surface area contributed by atoms with Crippen LogP contribution in [0.3, 0.4) is 0 Å². The molecule has 2 heterocycles. The summed E-state index contributed by atoms with van der Waals surface area (Å²) >= 11 is 0. The summed E-state index contributed by atoms with van der Waals surface area (Å²) in [7, 11) is 3.33. The summed E-state index contributed by atoms with van der Waals surface area (Å²) in [4.78, 5) is 19.1. The van der Waals surface area contributed by atoms with E-state index in [1.807, 2.05) is 18.2 Å². The third-order valence-corrected chi connectivity index (χ3v) is 6.34. The Kier molecular flexibility index (Phi) is 7.80. The van der Waals surface area contributed by atoms with Crippen molar-refractivity contribution in [2.45, 2.75) is 12.6 Å². The quantitative estimate of drug-likeness (QED) is 0.637. The molecule has 2 aliphatic rings. The number of nitrogens with zero attached hydrogens (tertiary/aromatic N) is 3. The third-order valence-electron chi connectivity index (χ3n) is 6.34. The number of piperazine rings is 1. The fourth-order valence-electron chi connectivity index (χ4n) is 4.48. The summed E-state index contributed by atoms with van der Waals surface area (Å²) in [5.41, 5.74) is 1.27. The Morgan fingerprint density at radius 1 is 1.03 bits per heavy atom. The zero-order valence-corrected chi connectivity index (χ0v) is 19.3. The molecular weight excluding hydrogens is 425 g/mol. The molecule has 2 aliphatic heterocycles. The van der Waals surface area contributed by atoms with Gasteiger partial charge in [0.25, 0.3) is 5.91 Å². The molecule has 2 aromatic rings. The number of carbonyl (C=O) groups is 1. The average Bonchev–Trinajstić information content (AvgIpc) is 2.85. The number of morpholine rings is 1. The zero-order valence-electron chi connectivity index (χ0n) is 19.3. The van der Waals surface area contributed by atoms with Crippen molar-refractivity contribution in [1.82, 2.24) is 14.7 Å². The van der Waals surface area contributed by atoms with Crippen LogP contribution in [0.5, 0.6) is 11.5 Å². The SMILES string of the molecule is COc1ccc(CN2CCOC(CN3CCN(C(=O)c4ccccc4F)CC3)C2)c(OC)c1. The number of benzene rings is 2. The minimum atomic E-state index is -0.464. The van der Waals surface area contributed by atoms with Crippen LogP contribution in [0, 0.1) is 5.82 Å². The van der Waals surface area contributed by atoms with Crippen LogP contribution in [0.2, 0.25) is 0 Å². The number of amides is 1. The summed E-state index contributed by atoms with van der Waals surface area (Å²) < 4.78 is 30.8. The minimum Gasteiger partial charge on any atom is -0.497 e. The van der Waals surface area contributed by atoms with Crippen molar-refractivity contribution in [3.05, 3.63) is 59.4 Å². The van der Waals surface area contributed by atoms with Gasteiger partial charge in [0.15, 0.2) is 0 Å². The number of methoxy groups -OCH3 is 2. The van der Waals surface area contributed by atoms with E-state index >= 15 is 0 Å². The van der Waals surface area contributed by atoms with Crippen molar-refractivity contribution in [2.75, 3.05) is 66.6 Å². The highest BCUT2D eigenvalue weighted by atomic mass is 19.1. The van der Waals surface area contributed by atoms with E-state index in [9.17, 15) is 9.18 Å². The Bertz CT molecular complexity index is 949. The monoisotopic (exact) mass is 457 g/mol. The Hall–Kier alpha value is -2.68. The maximum atomic E-state index is 14.0. The first-order valence-electron chi connectivity index (χ1n) is 11.4. The fourth-order valence-corrected chi connectivity index (χ4v) is 4.48. The van der Waals surface area contributed by atoms with Gasteiger partial charge < -0.3 is 19.1 Å². The van der Waals surface area contributed by atoms with E-state index in [1.165, 1.54) is 6.07 Å². The summed E-state index contributed by atoms with van der Waals surface area (Å²) in [6.45, 7) is 6.70. The van der Waals surface area contributed by atoms with Gasteiger partial charge in [0, 0.05) is 64.0 Å². The first kappa shape index (κ1) is 23.5. The molecule has 178 valence electrons. The van der Waals surface area contributed by atoms with Crippen LogP contribution < -0.4 is 9.47 Å². The van der Waals surface area contributed by atoms with E-state index in [4.69, 9.17) is 14.2 Å². The van der Waals surface area contributed by atoms with Crippen molar-refractivity contribution in [2.24, 2.45) is 0 Å². The van der Waals surface area contributed by atoms with Crippen LogP contribution >= 0.6 is 0 Å². The lowest BCUT2D eigenvalue weighted by Crippen LogP contribution is -2.53. The van der Waals surface area contributed by atoms with E-state index in [0.717, 1.165) is 56.3 Å². The number of carbonyl (C=O) groups excluding carboxylic acids is 1. The van der Waals surface area contributed by atoms with E-state index in [2.05, 4.69) is 9.80 Å². The molecule has 2 aromatic carbocycles. The molecule has 7 nitrogen and oxygen atoms in total. The molecule has 0 aromatic heterocycles. The number of halogens is 1. The lowest BCUT2D eigenvalue weighted by Gasteiger charge is -2.39. The maximum Gasteiger partial charge on any atom is 0.256 e. The highest BCUT2D eigenvalue weighted by Gasteiger charge is 2.28. The Balaban J connectivity index is 1.27. The molecule has 1 unspecified atom stereocenters. The molecule has 0 N–H and O–H groups in total. The summed E-state index contributed by atoms with van der Waals surface area (Å²) in [6.07, 6.45) is 0.108. The van der Waals surface area contributed by atoms with Gasteiger partial charge in [-0.3, -0.25) is 14.6 Å². The van der Waals surface area contributed by atoms with Gasteiger partial charge in [0.1, 0.15) is 17.3 Å². The second-order valence-electron chi connectivity index (χ2n) is 8.48. The van der Waals surface area contributed by atoms with Crippen LogP contribution in [-0.2, 0) is 11.3 Å². The van der Waals surface area contributed by atoms with Crippen molar-refractivity contribution in [3.63, 3.8) is 0 Å². The van der Waals surface area contributed by atoms with Gasteiger partial charge >= 0.3 is 0 Å². The summed E-state index contributed by atoms with van der Waals surface area (Å²) in [5.74, 6) is 0.909. The lowest BCUT2D eigenvalue weighted by atomic mass is 10.1. The first-order chi connectivity index (χ1) is 16.1. The highest BCUT2D eigenvalue weighted by Crippen LogP contribution is 2.26. The molecule has 1 amide bonds. The third kappa shape index (κ3) is 5.82. The van der Waals surface area contributed by atoms with Crippen molar-refractivity contribution < 1.29 is 23.4 Å². The molecule has 2 fully saturated rings. The van der Waals surface area contributed by atoms with Crippen LogP contribution in [0.25, 0.3) is 0 Å². The van der Waals surface area contributed by atoms with Gasteiger partial charge in [-0.1, -0.05) is 18.2 Å². The van der Waals surface area contributed by atoms with Gasteiger partial charge in [-0.15, -0.1) is 0 Å². The molecule has 2 saturated heterocycles. The normalized spacial score (nSPS) is 20.0. The fraction of sp³-hybridized carbons (Fsp3) is 0.480. The molecule has 0 saturated carbocycles. The highest BCUT2D eigenvalue weighted by molar-refractivity contribution is 5.94. The second kappa shape index (κ2) is 11.0. The van der Waals surface area contributed by atoms with Crippen LogP contribution in [-0.4, -0.2) is 93.4 Å². The minimum absolute atomic E-state index is 0.108. The Morgan fingerprint density at radius 2 is 1.82 bits per heavy atom. The largest absolute Gasteiger partial charge is 0.497 e. The molecule has 4 rings (SSSR count). The number of hydrogen-bond acceptors (Lipinski definition) is 6. The molecule has 0 bridgehead atoms. The number of ether oxygens (including phenoxy) is 3. The van der Waals surface area contributed by atoms with E-state index < -0.39 is 5.82 Å². The second-order valence-corrected chi connectivity index (χ2v) is 8.48. The van der Waals surface area contributed by atoms with Gasteiger partial charge in [0.2, 0.25) is 0 Å². The van der Waals surface area contributed by atoms with Gasteiger partial charge in [-0.2, -0.15) is 0 Å². The number of rotatable bonds is 7. The summed E-state index contributed by atoms with van der Waals surface area (Å²) in [6, 6.07) is 12.1. The molecular formula is C25H32FN3O4. The number of hydrogen-bond donors (Lipinski definition) is 0. The van der Waals surface area contributed by atoms with E-state index in [0.29, 0.717) is 19.7 Å². The van der Waals surface area contributed by atoms with Crippen LogP contribution in [0.4, 0.5) is 4.39 Å². The zero-order chi connectivity index (χ0) is 23.2. The van der Waals surface area contributed by atoms with E-state index in [1.54, 1.807) is 37.3 Å². The van der Waals surface area contributed by atoms with Crippen LogP contribution in [0.1, 0.15) is 15.9 Å². The smallest absolute Gasteiger partial charge is 0.256 e. The van der Waals surface area contributed by atoms with Gasteiger partial charge in [0.05, 0.1) is 32.5 Å². The first-order valence-corrected chi connectivity index (χ1v) is 11.4. The van der Waals surface area contributed by atoms with E-state index in [-0.39, 0.29) is 17.6 Å². The van der Waals surface area contributed by atoms with Crippen molar-refractivity contribution >= 4 is 5.91 Å². The molecule has 33 heavy (non-hydrogen) atoms. The molecule has 0 aliphatic carbocycles. The van der Waals surface area contributed by atoms with Gasteiger partial charge in [-0.05, 0) is 18.2 Å².